The van der Waals surface area contributed by atoms with E-state index in [0.717, 1.165) is 12.0 Å². The molecule has 0 unspecified atom stereocenters. The van der Waals surface area contributed by atoms with E-state index >= 15 is 0 Å². The van der Waals surface area contributed by atoms with Crippen molar-refractivity contribution in [2.75, 3.05) is 6.61 Å². The summed E-state index contributed by atoms with van der Waals surface area (Å²) in [6.45, 7) is 17.1. The fourth-order valence-corrected chi connectivity index (χ4v) is 2.24. The molecule has 0 spiro atoms. The van der Waals surface area contributed by atoms with Crippen LogP contribution in [0, 0.1) is 5.41 Å². The van der Waals surface area contributed by atoms with Crippen LogP contribution in [0.1, 0.15) is 86.3 Å². The monoisotopic (exact) mass is 381 g/mol. The molecule has 0 aliphatic rings. The summed E-state index contributed by atoms with van der Waals surface area (Å²) < 4.78 is 7.30. The Morgan fingerprint density at radius 3 is 2.26 bits per heavy atom. The second-order valence-electron chi connectivity index (χ2n) is 7.88. The molecular formula is C21H39N3O3. The summed E-state index contributed by atoms with van der Waals surface area (Å²) in [5, 5.41) is 6.99. The summed E-state index contributed by atoms with van der Waals surface area (Å²) in [4.78, 5) is 22.4. The maximum Gasteiger partial charge on any atom is 0.219 e. The largest absolute Gasteiger partial charge is 0.379 e. The summed E-state index contributed by atoms with van der Waals surface area (Å²) in [6.07, 6.45) is 5.97. The van der Waals surface area contributed by atoms with Gasteiger partial charge in [0.1, 0.15) is 5.78 Å². The standard InChI is InChI=1S/C11H22O2.C10H17N3O/c1-6-10(12)11(4,5)7-8-13-9(2)3;1-4-10(14)11-5-9-6-12-13(7-9)8(2)3/h9H,6-8H2,1-5H3;6-8H,4-5H2,1-3H3,(H,11,14). The number of carbonyl (C=O) groups excluding carboxylic acids is 2. The van der Waals surface area contributed by atoms with Gasteiger partial charge in [0, 0.05) is 49.2 Å². The van der Waals surface area contributed by atoms with Crippen LogP contribution in [0.4, 0.5) is 0 Å². The predicted octanol–water partition coefficient (Wildman–Crippen LogP) is 4.30. The minimum Gasteiger partial charge on any atom is -0.379 e. The molecule has 6 heteroatoms. The van der Waals surface area contributed by atoms with Crippen LogP contribution in [0.5, 0.6) is 0 Å². The fraction of sp³-hybridized carbons (Fsp3) is 0.762. The molecule has 0 aromatic carbocycles. The highest BCUT2D eigenvalue weighted by molar-refractivity contribution is 5.83. The third-order valence-corrected chi connectivity index (χ3v) is 4.25. The highest BCUT2D eigenvalue weighted by atomic mass is 16.5. The summed E-state index contributed by atoms with van der Waals surface area (Å²) in [7, 11) is 0. The highest BCUT2D eigenvalue weighted by Gasteiger charge is 2.25. The van der Waals surface area contributed by atoms with Crippen molar-refractivity contribution in [2.45, 2.75) is 93.3 Å². The number of nitrogens with zero attached hydrogens (tertiary/aromatic N) is 2. The van der Waals surface area contributed by atoms with Crippen molar-refractivity contribution in [3.63, 3.8) is 0 Å². The Labute approximate surface area is 165 Å². The number of rotatable bonds is 10. The van der Waals surface area contributed by atoms with Crippen molar-refractivity contribution < 1.29 is 14.3 Å². The quantitative estimate of drug-likeness (QED) is 0.656. The van der Waals surface area contributed by atoms with Crippen LogP contribution in [0.25, 0.3) is 0 Å². The van der Waals surface area contributed by atoms with Crippen LogP contribution in [-0.2, 0) is 20.9 Å². The van der Waals surface area contributed by atoms with Gasteiger partial charge < -0.3 is 10.1 Å². The summed E-state index contributed by atoms with van der Waals surface area (Å²) in [6, 6.07) is 0.366. The fourth-order valence-electron chi connectivity index (χ4n) is 2.24. The van der Waals surface area contributed by atoms with Gasteiger partial charge in [-0.1, -0.05) is 27.7 Å². The Hall–Kier alpha value is -1.69. The minimum atomic E-state index is -0.219. The number of aromatic nitrogens is 2. The number of hydrogen-bond donors (Lipinski definition) is 1. The van der Waals surface area contributed by atoms with Crippen LogP contribution in [0.3, 0.4) is 0 Å². The number of amides is 1. The van der Waals surface area contributed by atoms with Gasteiger partial charge in [0.2, 0.25) is 5.91 Å². The van der Waals surface area contributed by atoms with Crippen molar-refractivity contribution in [3.8, 4) is 0 Å². The van der Waals surface area contributed by atoms with Crippen molar-refractivity contribution in [2.24, 2.45) is 5.41 Å². The molecule has 156 valence electrons. The van der Waals surface area contributed by atoms with E-state index in [1.807, 2.05) is 52.4 Å². The molecule has 0 atom stereocenters. The van der Waals surface area contributed by atoms with E-state index < -0.39 is 0 Å². The number of carbonyl (C=O) groups is 2. The predicted molar refractivity (Wildman–Crippen MR) is 110 cm³/mol. The number of ketones is 1. The molecular weight excluding hydrogens is 342 g/mol. The Morgan fingerprint density at radius 2 is 1.81 bits per heavy atom. The molecule has 0 radical (unpaired) electrons. The second kappa shape index (κ2) is 12.7. The smallest absolute Gasteiger partial charge is 0.219 e. The molecule has 0 fully saturated rings. The SMILES string of the molecule is CCC(=O)C(C)(C)CCOC(C)C.CCC(=O)NCc1cnn(C(C)C)c1. The average molecular weight is 382 g/mol. The van der Waals surface area contributed by atoms with E-state index in [9.17, 15) is 9.59 Å². The molecule has 0 bridgehead atoms. The summed E-state index contributed by atoms with van der Waals surface area (Å²) in [5.41, 5.74) is 0.824. The maximum atomic E-state index is 11.5. The topological polar surface area (TPSA) is 73.2 Å². The lowest BCUT2D eigenvalue weighted by Gasteiger charge is -2.22. The molecule has 1 N–H and O–H groups in total. The normalized spacial score (nSPS) is 11.3. The van der Waals surface area contributed by atoms with Crippen molar-refractivity contribution in [1.29, 1.82) is 0 Å². The molecule has 6 nitrogen and oxygen atoms in total. The van der Waals surface area contributed by atoms with Gasteiger partial charge in [-0.2, -0.15) is 5.10 Å². The molecule has 0 saturated heterocycles. The molecule has 1 aromatic heterocycles. The van der Waals surface area contributed by atoms with Gasteiger partial charge >= 0.3 is 0 Å². The van der Waals surface area contributed by atoms with Gasteiger partial charge in [0.05, 0.1) is 12.3 Å². The van der Waals surface area contributed by atoms with Crippen molar-refractivity contribution >= 4 is 11.7 Å². The third kappa shape index (κ3) is 10.9. The number of nitrogens with one attached hydrogen (secondary N) is 1. The summed E-state index contributed by atoms with van der Waals surface area (Å²) >= 11 is 0. The molecule has 0 aliphatic carbocycles. The van der Waals surface area contributed by atoms with Crippen LogP contribution >= 0.6 is 0 Å². The molecule has 0 aliphatic heterocycles. The Balaban J connectivity index is 0.000000503. The molecule has 0 saturated carbocycles. The lowest BCUT2D eigenvalue weighted by molar-refractivity contribution is -0.128. The van der Waals surface area contributed by atoms with E-state index in [1.165, 1.54) is 0 Å². The van der Waals surface area contributed by atoms with Crippen molar-refractivity contribution in [3.05, 3.63) is 18.0 Å². The first kappa shape index (κ1) is 25.3. The van der Waals surface area contributed by atoms with Crippen LogP contribution in [0.15, 0.2) is 12.4 Å². The number of ether oxygens (including phenoxy) is 1. The number of Topliss-reactive ketones (excluding diaryl/α,β-unsaturated/α-hetero) is 1. The van der Waals surface area contributed by atoms with E-state index in [-0.39, 0.29) is 17.4 Å². The first-order valence-electron chi connectivity index (χ1n) is 9.98. The van der Waals surface area contributed by atoms with Gasteiger partial charge in [-0.15, -0.1) is 0 Å². The van der Waals surface area contributed by atoms with Gasteiger partial charge in [-0.25, -0.2) is 0 Å². The Bertz CT molecular complexity index is 563. The van der Waals surface area contributed by atoms with E-state index in [2.05, 4.69) is 24.3 Å². The zero-order valence-electron chi connectivity index (χ0n) is 18.5. The Kier molecular flexibility index (Phi) is 11.9. The minimum absolute atomic E-state index is 0.0716. The van der Waals surface area contributed by atoms with Crippen molar-refractivity contribution in [1.82, 2.24) is 15.1 Å². The maximum absolute atomic E-state index is 11.5. The van der Waals surface area contributed by atoms with Gasteiger partial charge in [0.15, 0.2) is 0 Å². The third-order valence-electron chi connectivity index (χ3n) is 4.25. The zero-order valence-corrected chi connectivity index (χ0v) is 18.5. The van der Waals surface area contributed by atoms with E-state index in [4.69, 9.17) is 4.74 Å². The average Bonchev–Trinajstić information content (AvgIpc) is 3.08. The number of hydrogen-bond acceptors (Lipinski definition) is 4. The molecule has 1 amide bonds. The lowest BCUT2D eigenvalue weighted by Crippen LogP contribution is -2.25. The van der Waals surface area contributed by atoms with Crippen LogP contribution in [0.2, 0.25) is 0 Å². The zero-order chi connectivity index (χ0) is 21.0. The molecule has 1 heterocycles. The first-order chi connectivity index (χ1) is 12.5. The summed E-state index contributed by atoms with van der Waals surface area (Å²) in [5.74, 6) is 0.391. The van der Waals surface area contributed by atoms with Gasteiger partial charge in [0.25, 0.3) is 0 Å². The van der Waals surface area contributed by atoms with Gasteiger partial charge in [-0.3, -0.25) is 14.3 Å². The van der Waals surface area contributed by atoms with Crippen LogP contribution in [-0.4, -0.2) is 34.2 Å². The highest BCUT2D eigenvalue weighted by Crippen LogP contribution is 2.23. The van der Waals surface area contributed by atoms with E-state index in [0.29, 0.717) is 37.8 Å². The molecule has 1 aromatic rings. The second-order valence-corrected chi connectivity index (χ2v) is 7.88. The Morgan fingerprint density at radius 1 is 1.19 bits per heavy atom. The van der Waals surface area contributed by atoms with Gasteiger partial charge in [-0.05, 0) is 34.1 Å². The lowest BCUT2D eigenvalue weighted by atomic mass is 9.84. The van der Waals surface area contributed by atoms with E-state index in [1.54, 1.807) is 6.20 Å². The molecule has 27 heavy (non-hydrogen) atoms. The first-order valence-corrected chi connectivity index (χ1v) is 9.98. The molecule has 1 rings (SSSR count). The van der Waals surface area contributed by atoms with Crippen LogP contribution < -0.4 is 5.32 Å².